The lowest BCUT2D eigenvalue weighted by Crippen LogP contribution is -2.61. The second-order valence-electron chi connectivity index (χ2n) is 7.07. The molecule has 0 aromatic carbocycles. The summed E-state index contributed by atoms with van der Waals surface area (Å²) in [6.07, 6.45) is 6.14. The molecule has 4 heteroatoms. The van der Waals surface area contributed by atoms with E-state index < -0.39 is 0 Å². The summed E-state index contributed by atoms with van der Waals surface area (Å²) in [5.41, 5.74) is 0. The van der Waals surface area contributed by atoms with Crippen LogP contribution < -0.4 is 5.32 Å². The van der Waals surface area contributed by atoms with Gasteiger partial charge in [-0.3, -0.25) is 9.69 Å². The van der Waals surface area contributed by atoms with E-state index >= 15 is 0 Å². The Morgan fingerprint density at radius 3 is 2.70 bits per heavy atom. The van der Waals surface area contributed by atoms with Gasteiger partial charge in [0.2, 0.25) is 5.91 Å². The minimum atomic E-state index is 0.212. The number of piperazine rings is 1. The number of carbonyl (C=O) groups excluding carboxylic acids is 1. The third kappa shape index (κ3) is 2.86. The summed E-state index contributed by atoms with van der Waals surface area (Å²) >= 11 is 0. The van der Waals surface area contributed by atoms with E-state index in [4.69, 9.17) is 0 Å². The molecule has 0 aromatic heterocycles. The summed E-state index contributed by atoms with van der Waals surface area (Å²) in [5.74, 6) is 0.617. The predicted molar refractivity (Wildman–Crippen MR) is 80.6 cm³/mol. The van der Waals surface area contributed by atoms with Gasteiger partial charge in [-0.05, 0) is 46.1 Å². The van der Waals surface area contributed by atoms with Crippen molar-refractivity contribution in [1.82, 2.24) is 15.1 Å². The highest BCUT2D eigenvalue weighted by molar-refractivity contribution is 5.79. The zero-order chi connectivity index (χ0) is 14.1. The highest BCUT2D eigenvalue weighted by Gasteiger charge is 2.37. The number of nitrogens with zero attached hydrogens (tertiary/aromatic N) is 2. The smallest absolute Gasteiger partial charge is 0.227 e. The van der Waals surface area contributed by atoms with Crippen molar-refractivity contribution >= 4 is 5.91 Å². The van der Waals surface area contributed by atoms with Crippen molar-refractivity contribution < 1.29 is 4.79 Å². The molecule has 1 amide bonds. The van der Waals surface area contributed by atoms with Gasteiger partial charge in [-0.25, -0.2) is 0 Å². The molecule has 0 aromatic rings. The number of nitrogens with one attached hydrogen (secondary N) is 1. The van der Waals surface area contributed by atoms with E-state index in [0.717, 1.165) is 32.5 Å². The lowest BCUT2D eigenvalue weighted by atomic mass is 9.91. The van der Waals surface area contributed by atoms with Gasteiger partial charge in [0.25, 0.3) is 0 Å². The number of rotatable bonds is 1. The third-order valence-electron chi connectivity index (χ3n) is 5.48. The van der Waals surface area contributed by atoms with Gasteiger partial charge in [0, 0.05) is 37.8 Å². The molecule has 0 radical (unpaired) electrons. The standard InChI is InChI=1S/C16H29N3O/c1-12-6-7-14(9-17-12)16(20)19-11-15-5-3-4-8-18(15)10-13(19)2/h12-15,17H,3-11H2,1-2H3. The van der Waals surface area contributed by atoms with Crippen LogP contribution in [0.4, 0.5) is 0 Å². The first-order chi connectivity index (χ1) is 9.65. The van der Waals surface area contributed by atoms with Crippen LogP contribution >= 0.6 is 0 Å². The lowest BCUT2D eigenvalue weighted by molar-refractivity contribution is -0.143. The first-order valence-electron chi connectivity index (χ1n) is 8.43. The molecular weight excluding hydrogens is 250 g/mol. The van der Waals surface area contributed by atoms with Gasteiger partial charge in [0.15, 0.2) is 0 Å². The molecule has 3 fully saturated rings. The van der Waals surface area contributed by atoms with Gasteiger partial charge >= 0.3 is 0 Å². The number of carbonyl (C=O) groups is 1. The fraction of sp³-hybridized carbons (Fsp3) is 0.938. The highest BCUT2D eigenvalue weighted by Crippen LogP contribution is 2.26. The molecule has 0 spiro atoms. The Bertz CT molecular complexity index is 352. The van der Waals surface area contributed by atoms with Crippen molar-refractivity contribution in [3.05, 3.63) is 0 Å². The number of fused-ring (bicyclic) bond motifs is 1. The van der Waals surface area contributed by atoms with Crippen LogP contribution in [-0.4, -0.2) is 60.0 Å². The van der Waals surface area contributed by atoms with Gasteiger partial charge in [-0.15, -0.1) is 0 Å². The van der Waals surface area contributed by atoms with E-state index in [1.165, 1.54) is 25.8 Å². The van der Waals surface area contributed by atoms with E-state index in [1.54, 1.807) is 0 Å². The first kappa shape index (κ1) is 14.3. The quantitative estimate of drug-likeness (QED) is 0.789. The Kier molecular flexibility index (Phi) is 4.32. The van der Waals surface area contributed by atoms with Crippen molar-refractivity contribution in [2.24, 2.45) is 5.92 Å². The number of piperidine rings is 2. The Morgan fingerprint density at radius 1 is 1.10 bits per heavy atom. The Labute approximate surface area is 122 Å². The van der Waals surface area contributed by atoms with Gasteiger partial charge in [-0.2, -0.15) is 0 Å². The lowest BCUT2D eigenvalue weighted by Gasteiger charge is -2.48. The molecule has 3 aliphatic rings. The molecule has 4 atom stereocenters. The molecule has 114 valence electrons. The fourth-order valence-electron chi connectivity index (χ4n) is 4.10. The van der Waals surface area contributed by atoms with Crippen molar-refractivity contribution in [2.45, 2.75) is 64.1 Å². The summed E-state index contributed by atoms with van der Waals surface area (Å²) < 4.78 is 0. The summed E-state index contributed by atoms with van der Waals surface area (Å²) in [6, 6.07) is 1.59. The SMILES string of the molecule is CC1CCC(C(=O)N2CC3CCCCN3CC2C)CN1. The van der Waals surface area contributed by atoms with Crippen LogP contribution in [-0.2, 0) is 4.79 Å². The van der Waals surface area contributed by atoms with Crippen LogP contribution in [0.1, 0.15) is 46.0 Å². The van der Waals surface area contributed by atoms with Crippen LogP contribution in [0.5, 0.6) is 0 Å². The second-order valence-corrected chi connectivity index (χ2v) is 7.07. The van der Waals surface area contributed by atoms with Crippen LogP contribution in [0.3, 0.4) is 0 Å². The molecule has 4 nitrogen and oxygen atoms in total. The minimum Gasteiger partial charge on any atom is -0.337 e. The van der Waals surface area contributed by atoms with Gasteiger partial charge in [0.05, 0.1) is 5.92 Å². The van der Waals surface area contributed by atoms with Crippen molar-refractivity contribution in [1.29, 1.82) is 0 Å². The average molecular weight is 279 g/mol. The zero-order valence-electron chi connectivity index (χ0n) is 13.0. The first-order valence-corrected chi connectivity index (χ1v) is 8.43. The maximum atomic E-state index is 12.8. The number of hydrogen-bond donors (Lipinski definition) is 1. The van der Waals surface area contributed by atoms with E-state index in [9.17, 15) is 4.79 Å². The minimum absolute atomic E-state index is 0.212. The fourth-order valence-corrected chi connectivity index (χ4v) is 4.10. The highest BCUT2D eigenvalue weighted by atomic mass is 16.2. The number of amides is 1. The van der Waals surface area contributed by atoms with Gasteiger partial charge in [0.1, 0.15) is 0 Å². The summed E-state index contributed by atoms with van der Waals surface area (Å²) in [4.78, 5) is 17.6. The topological polar surface area (TPSA) is 35.6 Å². The molecule has 3 heterocycles. The van der Waals surface area contributed by atoms with Gasteiger partial charge in [-0.1, -0.05) is 6.42 Å². The average Bonchev–Trinajstić information content (AvgIpc) is 2.46. The van der Waals surface area contributed by atoms with E-state index in [1.807, 2.05) is 0 Å². The third-order valence-corrected chi connectivity index (χ3v) is 5.48. The van der Waals surface area contributed by atoms with Crippen molar-refractivity contribution in [3.8, 4) is 0 Å². The van der Waals surface area contributed by atoms with Crippen LogP contribution in [0, 0.1) is 5.92 Å². The van der Waals surface area contributed by atoms with E-state index in [2.05, 4.69) is 29.0 Å². The molecule has 3 aliphatic heterocycles. The largest absolute Gasteiger partial charge is 0.337 e. The molecule has 0 saturated carbocycles. The summed E-state index contributed by atoms with van der Waals surface area (Å²) in [7, 11) is 0. The second kappa shape index (κ2) is 6.02. The van der Waals surface area contributed by atoms with Crippen molar-refractivity contribution in [3.63, 3.8) is 0 Å². The summed E-state index contributed by atoms with van der Waals surface area (Å²) in [6.45, 7) is 8.59. The van der Waals surface area contributed by atoms with E-state index in [0.29, 0.717) is 24.0 Å². The maximum absolute atomic E-state index is 12.8. The summed E-state index contributed by atoms with van der Waals surface area (Å²) in [5, 5.41) is 3.47. The Hall–Kier alpha value is -0.610. The van der Waals surface area contributed by atoms with Crippen LogP contribution in [0.2, 0.25) is 0 Å². The maximum Gasteiger partial charge on any atom is 0.227 e. The van der Waals surface area contributed by atoms with E-state index in [-0.39, 0.29) is 5.92 Å². The molecule has 3 saturated heterocycles. The van der Waals surface area contributed by atoms with Crippen LogP contribution in [0.15, 0.2) is 0 Å². The molecule has 1 N–H and O–H groups in total. The van der Waals surface area contributed by atoms with Gasteiger partial charge < -0.3 is 10.2 Å². The van der Waals surface area contributed by atoms with Crippen LogP contribution in [0.25, 0.3) is 0 Å². The molecule has 0 aliphatic carbocycles. The molecule has 3 rings (SSSR count). The normalized spacial score (nSPS) is 39.4. The molecule has 4 unspecified atom stereocenters. The zero-order valence-corrected chi connectivity index (χ0v) is 13.0. The Balaban J connectivity index is 1.62. The molecule has 20 heavy (non-hydrogen) atoms. The number of hydrogen-bond acceptors (Lipinski definition) is 3. The van der Waals surface area contributed by atoms with Crippen molar-refractivity contribution in [2.75, 3.05) is 26.2 Å². The molecule has 0 bridgehead atoms. The monoisotopic (exact) mass is 279 g/mol. The molecular formula is C16H29N3O. The Morgan fingerprint density at radius 2 is 1.95 bits per heavy atom. The predicted octanol–water partition coefficient (Wildman–Crippen LogP) is 1.46.